The maximum absolute atomic E-state index is 5.85. The van der Waals surface area contributed by atoms with Crippen molar-refractivity contribution in [2.45, 2.75) is 20.4 Å². The number of aryl methyl sites for hydroxylation is 1. The standard InChI is InChI=1S/C18H18ClN5/c1-12-13(2)22-17(15-5-4-8-20-10-15)23-18(12)24(3)11-14-6-7-16(19)21-9-14/h4-10H,11H2,1-3H3. The Kier molecular flexibility index (Phi) is 4.71. The molecule has 3 heterocycles. The minimum absolute atomic E-state index is 0.495. The van der Waals surface area contributed by atoms with Gasteiger partial charge < -0.3 is 4.90 Å². The molecule has 0 unspecified atom stereocenters. The van der Waals surface area contributed by atoms with Crippen LogP contribution in [0.4, 0.5) is 5.82 Å². The van der Waals surface area contributed by atoms with Crippen LogP contribution in [-0.4, -0.2) is 27.0 Å². The first-order valence-electron chi connectivity index (χ1n) is 7.62. The fraction of sp³-hybridized carbons (Fsp3) is 0.222. The van der Waals surface area contributed by atoms with Crippen molar-refractivity contribution in [2.24, 2.45) is 0 Å². The average Bonchev–Trinajstić information content (AvgIpc) is 2.60. The summed E-state index contributed by atoms with van der Waals surface area (Å²) in [5.41, 5.74) is 4.00. The van der Waals surface area contributed by atoms with Gasteiger partial charge in [0.15, 0.2) is 5.82 Å². The van der Waals surface area contributed by atoms with Gasteiger partial charge in [-0.1, -0.05) is 17.7 Å². The molecule has 0 spiro atoms. The summed E-state index contributed by atoms with van der Waals surface area (Å²) in [6.45, 7) is 4.72. The summed E-state index contributed by atoms with van der Waals surface area (Å²) in [6.07, 6.45) is 5.30. The molecule has 3 aromatic rings. The second kappa shape index (κ2) is 6.93. The minimum atomic E-state index is 0.495. The average molecular weight is 340 g/mol. The predicted molar refractivity (Wildman–Crippen MR) is 96.1 cm³/mol. The maximum atomic E-state index is 5.85. The molecular weight excluding hydrogens is 322 g/mol. The summed E-state index contributed by atoms with van der Waals surface area (Å²) in [6, 6.07) is 7.61. The molecule has 0 atom stereocenters. The van der Waals surface area contributed by atoms with E-state index in [1.165, 1.54) is 0 Å². The lowest BCUT2D eigenvalue weighted by Crippen LogP contribution is -2.20. The highest BCUT2D eigenvalue weighted by Gasteiger charge is 2.14. The van der Waals surface area contributed by atoms with Gasteiger partial charge in [0.1, 0.15) is 11.0 Å². The number of pyridine rings is 2. The summed E-state index contributed by atoms with van der Waals surface area (Å²) in [4.78, 5) is 19.7. The van der Waals surface area contributed by atoms with Crippen LogP contribution in [0, 0.1) is 13.8 Å². The first kappa shape index (κ1) is 16.3. The van der Waals surface area contributed by atoms with E-state index in [-0.39, 0.29) is 0 Å². The Hall–Kier alpha value is -2.53. The van der Waals surface area contributed by atoms with Crippen molar-refractivity contribution in [3.8, 4) is 11.4 Å². The largest absolute Gasteiger partial charge is 0.355 e. The third-order valence-corrected chi connectivity index (χ3v) is 4.08. The minimum Gasteiger partial charge on any atom is -0.355 e. The number of hydrogen-bond acceptors (Lipinski definition) is 5. The Morgan fingerprint density at radius 3 is 2.58 bits per heavy atom. The molecule has 122 valence electrons. The first-order chi connectivity index (χ1) is 11.5. The van der Waals surface area contributed by atoms with Crippen molar-refractivity contribution in [1.29, 1.82) is 0 Å². The van der Waals surface area contributed by atoms with Gasteiger partial charge in [-0.3, -0.25) is 4.98 Å². The lowest BCUT2D eigenvalue weighted by molar-refractivity contribution is 0.873. The third kappa shape index (κ3) is 3.51. The van der Waals surface area contributed by atoms with Gasteiger partial charge in [-0.25, -0.2) is 15.0 Å². The Labute approximate surface area is 146 Å². The van der Waals surface area contributed by atoms with E-state index in [1.807, 2.05) is 39.1 Å². The molecule has 3 aromatic heterocycles. The van der Waals surface area contributed by atoms with Gasteiger partial charge in [0.25, 0.3) is 0 Å². The van der Waals surface area contributed by atoms with Crippen molar-refractivity contribution < 1.29 is 0 Å². The highest BCUT2D eigenvalue weighted by Crippen LogP contribution is 2.24. The molecule has 0 aliphatic rings. The maximum Gasteiger partial charge on any atom is 0.163 e. The van der Waals surface area contributed by atoms with Gasteiger partial charge in [0.2, 0.25) is 0 Å². The summed E-state index contributed by atoms with van der Waals surface area (Å²) >= 11 is 5.85. The number of halogens is 1. The molecule has 0 aliphatic carbocycles. The monoisotopic (exact) mass is 339 g/mol. The molecule has 0 saturated carbocycles. The molecule has 0 bridgehead atoms. The van der Waals surface area contributed by atoms with Crippen LogP contribution < -0.4 is 4.90 Å². The van der Waals surface area contributed by atoms with Crippen LogP contribution >= 0.6 is 11.6 Å². The first-order valence-corrected chi connectivity index (χ1v) is 7.99. The lowest BCUT2D eigenvalue weighted by atomic mass is 10.2. The van der Waals surface area contributed by atoms with Crippen molar-refractivity contribution in [3.05, 3.63) is 64.8 Å². The van der Waals surface area contributed by atoms with E-state index in [0.29, 0.717) is 17.5 Å². The zero-order valence-corrected chi connectivity index (χ0v) is 14.6. The molecule has 5 nitrogen and oxygen atoms in total. The molecule has 0 aromatic carbocycles. The van der Waals surface area contributed by atoms with Gasteiger partial charge >= 0.3 is 0 Å². The third-order valence-electron chi connectivity index (χ3n) is 3.85. The fourth-order valence-corrected chi connectivity index (χ4v) is 2.57. The highest BCUT2D eigenvalue weighted by atomic mass is 35.5. The quantitative estimate of drug-likeness (QED) is 0.676. The van der Waals surface area contributed by atoms with E-state index in [1.54, 1.807) is 24.7 Å². The van der Waals surface area contributed by atoms with E-state index < -0.39 is 0 Å². The molecule has 0 amide bonds. The SMILES string of the molecule is Cc1nc(-c2cccnc2)nc(N(C)Cc2ccc(Cl)nc2)c1C. The summed E-state index contributed by atoms with van der Waals surface area (Å²) in [5, 5.41) is 0.495. The molecule has 0 radical (unpaired) electrons. The van der Waals surface area contributed by atoms with Crippen LogP contribution in [0.1, 0.15) is 16.8 Å². The van der Waals surface area contributed by atoms with Gasteiger partial charge in [0.05, 0.1) is 0 Å². The fourth-order valence-electron chi connectivity index (χ4n) is 2.46. The van der Waals surface area contributed by atoms with E-state index >= 15 is 0 Å². The predicted octanol–water partition coefficient (Wildman–Crippen LogP) is 3.84. The Bertz CT molecular complexity index is 834. The van der Waals surface area contributed by atoms with Gasteiger partial charge in [-0.15, -0.1) is 0 Å². The highest BCUT2D eigenvalue weighted by molar-refractivity contribution is 6.29. The van der Waals surface area contributed by atoms with Crippen molar-refractivity contribution in [3.63, 3.8) is 0 Å². The smallest absolute Gasteiger partial charge is 0.163 e. The number of aromatic nitrogens is 4. The topological polar surface area (TPSA) is 54.8 Å². The van der Waals surface area contributed by atoms with E-state index in [9.17, 15) is 0 Å². The van der Waals surface area contributed by atoms with Crippen LogP contribution in [0.2, 0.25) is 5.15 Å². The number of anilines is 1. The molecule has 24 heavy (non-hydrogen) atoms. The molecule has 0 saturated heterocycles. The summed E-state index contributed by atoms with van der Waals surface area (Å²) < 4.78 is 0. The molecule has 6 heteroatoms. The Morgan fingerprint density at radius 2 is 1.92 bits per heavy atom. The summed E-state index contributed by atoms with van der Waals surface area (Å²) in [5.74, 6) is 1.58. The van der Waals surface area contributed by atoms with Crippen LogP contribution in [0.25, 0.3) is 11.4 Å². The van der Waals surface area contributed by atoms with Gasteiger partial charge in [-0.05, 0) is 37.6 Å². The van der Waals surface area contributed by atoms with Crippen LogP contribution in [0.15, 0.2) is 42.9 Å². The molecule has 0 fully saturated rings. The van der Waals surface area contributed by atoms with Crippen LogP contribution in [0.5, 0.6) is 0 Å². The van der Waals surface area contributed by atoms with Crippen molar-refractivity contribution in [1.82, 2.24) is 19.9 Å². The van der Waals surface area contributed by atoms with E-state index in [4.69, 9.17) is 16.6 Å². The lowest BCUT2D eigenvalue weighted by Gasteiger charge is -2.21. The van der Waals surface area contributed by atoms with Gasteiger partial charge in [0, 0.05) is 49.0 Å². The van der Waals surface area contributed by atoms with E-state index in [0.717, 1.165) is 28.2 Å². The number of rotatable bonds is 4. The molecule has 3 rings (SSSR count). The molecular formula is C18H18ClN5. The number of nitrogens with zero attached hydrogens (tertiary/aromatic N) is 5. The second-order valence-electron chi connectivity index (χ2n) is 5.67. The van der Waals surface area contributed by atoms with Gasteiger partial charge in [-0.2, -0.15) is 0 Å². The number of hydrogen-bond donors (Lipinski definition) is 0. The molecule has 0 aliphatic heterocycles. The van der Waals surface area contributed by atoms with Crippen LogP contribution in [-0.2, 0) is 6.54 Å². The Morgan fingerprint density at radius 1 is 1.08 bits per heavy atom. The zero-order valence-electron chi connectivity index (χ0n) is 13.9. The summed E-state index contributed by atoms with van der Waals surface area (Å²) in [7, 11) is 2.01. The molecule has 0 N–H and O–H groups in total. The van der Waals surface area contributed by atoms with Crippen LogP contribution in [0.3, 0.4) is 0 Å². The normalized spacial score (nSPS) is 10.7. The van der Waals surface area contributed by atoms with Crippen molar-refractivity contribution in [2.75, 3.05) is 11.9 Å². The van der Waals surface area contributed by atoms with Crippen molar-refractivity contribution >= 4 is 17.4 Å². The zero-order chi connectivity index (χ0) is 17.1. The second-order valence-corrected chi connectivity index (χ2v) is 6.06. The Balaban J connectivity index is 1.94. The van der Waals surface area contributed by atoms with E-state index in [2.05, 4.69) is 19.9 Å².